The molecule has 4 amide bonds. The molecule has 0 aliphatic carbocycles. The highest BCUT2D eigenvalue weighted by atomic mass is 19.2. The predicted octanol–water partition coefficient (Wildman–Crippen LogP) is 6.57. The Morgan fingerprint density at radius 1 is 0.658 bits per heavy atom. The summed E-state index contributed by atoms with van der Waals surface area (Å²) in [6, 6.07) is 10.7. The Balaban J connectivity index is 0.000000171. The van der Waals surface area contributed by atoms with Gasteiger partial charge >= 0.3 is 0 Å². The Morgan fingerprint density at radius 3 is 1.58 bits per heavy atom. The molecular formula is C53H46F6N6O8. The van der Waals surface area contributed by atoms with Crippen molar-refractivity contribution in [3.05, 3.63) is 185 Å². The number of carbonyl (C=O) groups is 4. The number of aromatic hydroxyl groups is 1. The van der Waals surface area contributed by atoms with Crippen molar-refractivity contribution in [2.75, 3.05) is 13.1 Å². The number of halogens is 6. The number of nitrogens with zero attached hydrogens (tertiary/aromatic N) is 4. The maximum absolute atomic E-state index is 14.2. The number of fused-ring (bicyclic) bond motifs is 2. The Morgan fingerprint density at radius 2 is 1.10 bits per heavy atom. The molecule has 2 aromatic heterocycles. The predicted molar refractivity (Wildman–Crippen MR) is 250 cm³/mol. The first-order valence-electron chi connectivity index (χ1n) is 23.6. The summed E-state index contributed by atoms with van der Waals surface area (Å²) in [6.45, 7) is 3.31. The standard InChI is InChI=1S/C30H26F3N3O4.C23H20F3N3O4/c1-17-6-5-10-30-11-9-23-24(28(38)34-14-20-21(32)12-19(31)13-22(20)33)26(37)27(40-15-18-7-3-2-4-8-18)25(36(23)30)29(39)35(17)16-30;1-11-3-2-5-23-6-4-16-17(19(30)20(31)18(29(16)23)22(33)28(11)10-23)21(32)27-9-13-14(25)7-12(24)8-15(13)26/h2-8,12-13,17H,9-11,14-16H2,1H3,(H,34,38);2-3,7-8,11,31H,4-6,9-10H2,1H3,(H,27,32)/t17-,30+;11-,23+/m00/s1. The van der Waals surface area contributed by atoms with Gasteiger partial charge in [0.2, 0.25) is 10.9 Å². The SMILES string of the molecule is C[C@H]1C=CC[C@]23CCc4c(C(=O)NCc5c(F)cc(F)cc5F)c(=O)c(O)c(n42)C(=O)N1C3.C[C@H]1C=CC[C@]23CCc4c(C(=O)NCc5c(F)cc(F)cc5F)c(=O)c(OCc5ccccc5)c(n42)C(=O)N1C3. The molecule has 0 unspecified atom stereocenters. The van der Waals surface area contributed by atoms with Gasteiger partial charge in [-0.1, -0.05) is 54.6 Å². The largest absolute Gasteiger partial charge is 0.503 e. The summed E-state index contributed by atoms with van der Waals surface area (Å²) in [4.78, 5) is 83.7. The molecule has 3 aromatic carbocycles. The van der Waals surface area contributed by atoms with E-state index < -0.39 is 105 Å². The summed E-state index contributed by atoms with van der Waals surface area (Å²) in [5.74, 6) is -10.5. The van der Waals surface area contributed by atoms with Crippen LogP contribution >= 0.6 is 0 Å². The smallest absolute Gasteiger partial charge is 0.275 e. The number of rotatable bonds is 9. The third-order valence-corrected chi connectivity index (χ3v) is 14.9. The number of benzene rings is 3. The van der Waals surface area contributed by atoms with Crippen LogP contribution < -0.4 is 26.2 Å². The second-order valence-electron chi connectivity index (χ2n) is 19.2. The van der Waals surface area contributed by atoms with Crippen LogP contribution in [0.5, 0.6) is 11.5 Å². The van der Waals surface area contributed by atoms with E-state index in [1.807, 2.05) is 68.5 Å². The molecule has 14 nitrogen and oxygen atoms in total. The Labute approximate surface area is 412 Å². The van der Waals surface area contributed by atoms with Gasteiger partial charge in [0.1, 0.15) is 52.6 Å². The molecule has 20 heteroatoms. The third-order valence-electron chi connectivity index (χ3n) is 14.9. The molecule has 0 saturated heterocycles. The van der Waals surface area contributed by atoms with E-state index in [0.29, 0.717) is 87.3 Å². The van der Waals surface area contributed by atoms with Gasteiger partial charge in [-0.25, -0.2) is 26.3 Å². The van der Waals surface area contributed by atoms with Crippen LogP contribution in [0.2, 0.25) is 0 Å². The van der Waals surface area contributed by atoms with Gasteiger partial charge in [-0.05, 0) is 57.9 Å². The van der Waals surface area contributed by atoms with E-state index in [2.05, 4.69) is 10.6 Å². The van der Waals surface area contributed by atoms with Gasteiger partial charge in [-0.2, -0.15) is 0 Å². The van der Waals surface area contributed by atoms with Crippen LogP contribution in [0.4, 0.5) is 26.3 Å². The quantitative estimate of drug-likeness (QED) is 0.110. The van der Waals surface area contributed by atoms with Crippen molar-refractivity contribution in [3.63, 3.8) is 0 Å². The van der Waals surface area contributed by atoms with Crippen LogP contribution in [-0.2, 0) is 43.6 Å². The normalized spacial score (nSPS) is 21.7. The fourth-order valence-electron chi connectivity index (χ4n) is 11.3. The van der Waals surface area contributed by atoms with Gasteiger partial charge in [0.15, 0.2) is 22.9 Å². The minimum Gasteiger partial charge on any atom is -0.503 e. The highest BCUT2D eigenvalue weighted by Gasteiger charge is 2.53. The summed E-state index contributed by atoms with van der Waals surface area (Å²) < 4.78 is 92.3. The lowest BCUT2D eigenvalue weighted by Crippen LogP contribution is -2.55. The van der Waals surface area contributed by atoms with Crippen LogP contribution in [0, 0.1) is 34.9 Å². The van der Waals surface area contributed by atoms with Crippen molar-refractivity contribution < 1.29 is 55.4 Å². The van der Waals surface area contributed by atoms with E-state index >= 15 is 0 Å². The highest BCUT2D eigenvalue weighted by molar-refractivity contribution is 6.02. The van der Waals surface area contributed by atoms with Gasteiger partial charge in [0, 0.05) is 85.0 Å². The van der Waals surface area contributed by atoms with Crippen LogP contribution in [0.25, 0.3) is 0 Å². The number of nitrogens with one attached hydrogen (secondary N) is 2. The maximum Gasteiger partial charge on any atom is 0.275 e. The maximum atomic E-state index is 14.2. The lowest BCUT2D eigenvalue weighted by Gasteiger charge is -2.43. The molecule has 0 radical (unpaired) electrons. The topological polar surface area (TPSA) is 172 Å². The second kappa shape index (κ2) is 18.3. The summed E-state index contributed by atoms with van der Waals surface area (Å²) >= 11 is 0. The van der Waals surface area contributed by atoms with E-state index in [1.54, 1.807) is 18.9 Å². The zero-order valence-corrected chi connectivity index (χ0v) is 39.3. The van der Waals surface area contributed by atoms with Crippen LogP contribution in [0.1, 0.15) is 109 Å². The molecule has 2 spiro atoms. The van der Waals surface area contributed by atoms with Gasteiger partial charge in [-0.15, -0.1) is 0 Å². The number of pyridine rings is 2. The minimum atomic E-state index is -1.17. The molecule has 4 bridgehead atoms. The van der Waals surface area contributed by atoms with Crippen LogP contribution in [-0.4, -0.2) is 72.8 Å². The summed E-state index contributed by atoms with van der Waals surface area (Å²) in [6.07, 6.45) is 10.8. The molecule has 0 saturated carbocycles. The first-order valence-corrected chi connectivity index (χ1v) is 23.6. The first-order chi connectivity index (χ1) is 34.8. The monoisotopic (exact) mass is 1010 g/mol. The zero-order valence-electron chi connectivity index (χ0n) is 39.3. The fourth-order valence-corrected chi connectivity index (χ4v) is 11.3. The number of hydrogen-bond donors (Lipinski definition) is 3. The first kappa shape index (κ1) is 48.7. The molecule has 6 aliphatic heterocycles. The molecular weight excluding hydrogens is 963 g/mol. The Hall–Kier alpha value is -7.90. The molecule has 6 aliphatic rings. The third kappa shape index (κ3) is 8.06. The molecule has 4 atom stereocenters. The number of carbonyl (C=O) groups excluding carboxylic acids is 4. The second-order valence-corrected chi connectivity index (χ2v) is 19.2. The average Bonchev–Trinajstić information content (AvgIpc) is 3.79. The lowest BCUT2D eigenvalue weighted by atomic mass is 9.90. The molecule has 0 fully saturated rings. The molecule has 73 heavy (non-hydrogen) atoms. The van der Waals surface area contributed by atoms with E-state index in [-0.39, 0.29) is 52.9 Å². The summed E-state index contributed by atoms with van der Waals surface area (Å²) in [7, 11) is 0. The Kier molecular flexibility index (Phi) is 12.2. The number of allylic oxidation sites excluding steroid dienone is 2. The zero-order chi connectivity index (χ0) is 51.8. The van der Waals surface area contributed by atoms with Gasteiger partial charge < -0.3 is 39.4 Å². The average molecular weight is 1010 g/mol. The minimum absolute atomic E-state index is 0.0103. The van der Waals surface area contributed by atoms with E-state index in [9.17, 15) is 60.2 Å². The van der Waals surface area contributed by atoms with Crippen molar-refractivity contribution in [3.8, 4) is 11.5 Å². The van der Waals surface area contributed by atoms with Crippen molar-refractivity contribution in [2.24, 2.45) is 0 Å². The molecule has 3 N–H and O–H groups in total. The van der Waals surface area contributed by atoms with Crippen molar-refractivity contribution in [2.45, 2.75) is 95.2 Å². The Bertz CT molecular complexity index is 3350. The van der Waals surface area contributed by atoms with E-state index in [0.717, 1.165) is 5.56 Å². The number of hydrogen-bond acceptors (Lipinski definition) is 8. The molecule has 8 heterocycles. The summed E-state index contributed by atoms with van der Waals surface area (Å²) in [5, 5.41) is 15.4. The summed E-state index contributed by atoms with van der Waals surface area (Å²) in [5.41, 5.74) is -3.20. The van der Waals surface area contributed by atoms with Crippen molar-refractivity contribution in [1.29, 1.82) is 0 Å². The number of ether oxygens (including phenoxy) is 1. The molecule has 378 valence electrons. The number of aromatic nitrogens is 2. The van der Waals surface area contributed by atoms with Crippen LogP contribution in [0.3, 0.4) is 0 Å². The van der Waals surface area contributed by atoms with Gasteiger partial charge in [0.25, 0.3) is 23.6 Å². The van der Waals surface area contributed by atoms with E-state index in [4.69, 9.17) is 4.74 Å². The van der Waals surface area contributed by atoms with Gasteiger partial charge in [0.05, 0.1) is 11.1 Å². The van der Waals surface area contributed by atoms with E-state index in [1.165, 1.54) is 0 Å². The van der Waals surface area contributed by atoms with Gasteiger partial charge in [-0.3, -0.25) is 28.8 Å². The van der Waals surface area contributed by atoms with Crippen LogP contribution in [0.15, 0.2) is 88.5 Å². The van der Waals surface area contributed by atoms with Crippen molar-refractivity contribution in [1.82, 2.24) is 29.6 Å². The van der Waals surface area contributed by atoms with Crippen molar-refractivity contribution >= 4 is 23.6 Å². The lowest BCUT2D eigenvalue weighted by molar-refractivity contribution is 0.0517. The highest BCUT2D eigenvalue weighted by Crippen LogP contribution is 2.47. The molecule has 11 rings (SSSR count). The fraction of sp³-hybridized carbons (Fsp3) is 0.321. The number of amides is 4. The molecule has 5 aromatic rings.